The molecule has 1 aromatic rings. The van der Waals surface area contributed by atoms with Gasteiger partial charge in [0.05, 0.1) is 12.3 Å². The van der Waals surface area contributed by atoms with Crippen LogP contribution in [0.1, 0.15) is 6.92 Å². The largest absolute Gasteiger partial charge is 0.491 e. The molecule has 138 valence electrons. The van der Waals surface area contributed by atoms with E-state index in [1.165, 1.54) is 22.9 Å². The summed E-state index contributed by atoms with van der Waals surface area (Å²) in [6.45, 7) is 5.16. The summed E-state index contributed by atoms with van der Waals surface area (Å²) in [6, 6.07) is 8.49. The summed E-state index contributed by atoms with van der Waals surface area (Å²) >= 11 is 7.80. The van der Waals surface area contributed by atoms with Gasteiger partial charge in [0.1, 0.15) is 5.75 Å². The van der Waals surface area contributed by atoms with E-state index >= 15 is 0 Å². The Labute approximate surface area is 165 Å². The molecule has 0 aliphatic carbocycles. The Kier molecular flexibility index (Phi) is 14.4. The maximum absolute atomic E-state index is 6.10. The zero-order chi connectivity index (χ0) is 17.5. The van der Waals surface area contributed by atoms with Crippen LogP contribution in [0.4, 0.5) is 5.69 Å². The predicted octanol–water partition coefficient (Wildman–Crippen LogP) is 5.08. The molecule has 24 heavy (non-hydrogen) atoms. The van der Waals surface area contributed by atoms with Crippen molar-refractivity contribution in [3.05, 3.63) is 24.3 Å². The van der Waals surface area contributed by atoms with E-state index in [1.54, 1.807) is 0 Å². The van der Waals surface area contributed by atoms with Crippen LogP contribution in [0.3, 0.4) is 0 Å². The molecular formula is C18H31NOS4. The Morgan fingerprint density at radius 3 is 2.21 bits per heavy atom. The lowest BCUT2D eigenvalue weighted by molar-refractivity contribution is 0.344. The van der Waals surface area contributed by atoms with Crippen molar-refractivity contribution in [1.29, 1.82) is 0 Å². The quantitative estimate of drug-likeness (QED) is 0.374. The van der Waals surface area contributed by atoms with E-state index in [-0.39, 0.29) is 0 Å². The van der Waals surface area contributed by atoms with Crippen LogP contribution in [0.2, 0.25) is 0 Å². The molecule has 0 bridgehead atoms. The van der Waals surface area contributed by atoms with Crippen molar-refractivity contribution in [3.8, 4) is 5.75 Å². The van der Waals surface area contributed by atoms with Gasteiger partial charge in [-0.1, -0.05) is 19.1 Å². The van der Waals surface area contributed by atoms with Gasteiger partial charge in [-0.25, -0.2) is 0 Å². The predicted molar refractivity (Wildman–Crippen MR) is 121 cm³/mol. The number of para-hydroxylation sites is 2. The third-order valence-corrected chi connectivity index (χ3v) is 6.69. The standard InChI is InChI=1S/C18H31NOS4/c1-4-23-15-16-24-14-11-20-18-8-6-5-7-17(18)19(9-12-21-2)10-13-22-3/h5-8H,4,9-16H2,1-3H3. The van der Waals surface area contributed by atoms with Crippen molar-refractivity contribution < 1.29 is 4.74 Å². The van der Waals surface area contributed by atoms with Crippen molar-refractivity contribution in [1.82, 2.24) is 0 Å². The van der Waals surface area contributed by atoms with Gasteiger partial charge in [0.15, 0.2) is 0 Å². The Morgan fingerprint density at radius 1 is 0.875 bits per heavy atom. The number of hydrogen-bond donors (Lipinski definition) is 0. The monoisotopic (exact) mass is 405 g/mol. The molecule has 0 saturated heterocycles. The minimum atomic E-state index is 0.789. The van der Waals surface area contributed by atoms with Crippen molar-refractivity contribution in [3.63, 3.8) is 0 Å². The summed E-state index contributed by atoms with van der Waals surface area (Å²) in [5.74, 6) is 8.07. The zero-order valence-corrected chi connectivity index (χ0v) is 18.4. The first-order chi connectivity index (χ1) is 11.8. The summed E-state index contributed by atoms with van der Waals surface area (Å²) in [7, 11) is 0. The molecule has 0 spiro atoms. The van der Waals surface area contributed by atoms with Gasteiger partial charge in [-0.15, -0.1) is 0 Å². The van der Waals surface area contributed by atoms with E-state index in [4.69, 9.17) is 4.74 Å². The summed E-state index contributed by atoms with van der Waals surface area (Å²) in [4.78, 5) is 2.47. The average Bonchev–Trinajstić information content (AvgIpc) is 2.62. The van der Waals surface area contributed by atoms with E-state index in [1.807, 2.05) is 47.0 Å². The van der Waals surface area contributed by atoms with Crippen LogP contribution in [0, 0.1) is 0 Å². The molecule has 6 heteroatoms. The fourth-order valence-electron chi connectivity index (χ4n) is 2.17. The highest BCUT2D eigenvalue weighted by molar-refractivity contribution is 8.02. The molecular weight excluding hydrogens is 374 g/mol. The fourth-order valence-corrected chi connectivity index (χ4v) is 4.61. The van der Waals surface area contributed by atoms with E-state index in [9.17, 15) is 0 Å². The zero-order valence-electron chi connectivity index (χ0n) is 15.2. The molecule has 0 radical (unpaired) electrons. The molecule has 0 aliphatic rings. The van der Waals surface area contributed by atoms with E-state index in [0.29, 0.717) is 0 Å². The highest BCUT2D eigenvalue weighted by Crippen LogP contribution is 2.28. The highest BCUT2D eigenvalue weighted by atomic mass is 32.2. The van der Waals surface area contributed by atoms with Gasteiger partial charge in [-0.2, -0.15) is 47.0 Å². The van der Waals surface area contributed by atoms with Gasteiger partial charge >= 0.3 is 0 Å². The van der Waals surface area contributed by atoms with Crippen LogP contribution in [0.15, 0.2) is 24.3 Å². The lowest BCUT2D eigenvalue weighted by Crippen LogP contribution is -2.29. The minimum absolute atomic E-state index is 0.789. The third-order valence-electron chi connectivity index (χ3n) is 3.40. The second kappa shape index (κ2) is 15.5. The number of thioether (sulfide) groups is 4. The smallest absolute Gasteiger partial charge is 0.142 e. The Morgan fingerprint density at radius 2 is 1.54 bits per heavy atom. The molecule has 0 saturated carbocycles. The molecule has 0 aliphatic heterocycles. The molecule has 0 aromatic heterocycles. The van der Waals surface area contributed by atoms with Gasteiger partial charge in [0, 0.05) is 41.9 Å². The molecule has 2 nitrogen and oxygen atoms in total. The maximum atomic E-state index is 6.10. The van der Waals surface area contributed by atoms with Crippen LogP contribution < -0.4 is 9.64 Å². The fraction of sp³-hybridized carbons (Fsp3) is 0.667. The van der Waals surface area contributed by atoms with Crippen LogP contribution in [-0.2, 0) is 0 Å². The molecule has 1 aromatic carbocycles. The molecule has 0 atom stereocenters. The van der Waals surface area contributed by atoms with Gasteiger partial charge in [0.2, 0.25) is 0 Å². The maximum Gasteiger partial charge on any atom is 0.142 e. The second-order valence-electron chi connectivity index (χ2n) is 5.10. The minimum Gasteiger partial charge on any atom is -0.491 e. The Hall–Kier alpha value is 0.220. The van der Waals surface area contributed by atoms with Gasteiger partial charge in [-0.05, 0) is 30.4 Å². The van der Waals surface area contributed by atoms with Gasteiger partial charge in [0.25, 0.3) is 0 Å². The molecule has 0 N–H and O–H groups in total. The van der Waals surface area contributed by atoms with Crippen LogP contribution >= 0.6 is 47.0 Å². The first-order valence-corrected chi connectivity index (χ1v) is 13.5. The van der Waals surface area contributed by atoms with Crippen molar-refractivity contribution in [2.75, 3.05) is 71.6 Å². The van der Waals surface area contributed by atoms with Crippen molar-refractivity contribution in [2.45, 2.75) is 6.92 Å². The summed E-state index contributed by atoms with van der Waals surface area (Å²) < 4.78 is 6.10. The van der Waals surface area contributed by atoms with Crippen LogP contribution in [0.25, 0.3) is 0 Å². The van der Waals surface area contributed by atoms with E-state index < -0.39 is 0 Å². The number of anilines is 1. The highest BCUT2D eigenvalue weighted by Gasteiger charge is 2.11. The van der Waals surface area contributed by atoms with E-state index in [2.05, 4.69) is 48.6 Å². The molecule has 0 fully saturated rings. The van der Waals surface area contributed by atoms with Crippen LogP contribution in [-0.4, -0.2) is 66.7 Å². The molecule has 0 unspecified atom stereocenters. The molecule has 0 amide bonds. The normalized spacial score (nSPS) is 10.8. The lowest BCUT2D eigenvalue weighted by atomic mass is 10.2. The van der Waals surface area contributed by atoms with Crippen molar-refractivity contribution >= 4 is 52.7 Å². The second-order valence-corrected chi connectivity index (χ2v) is 9.69. The average molecular weight is 406 g/mol. The van der Waals surface area contributed by atoms with Gasteiger partial charge < -0.3 is 9.64 Å². The number of hydrogen-bond acceptors (Lipinski definition) is 6. The van der Waals surface area contributed by atoms with E-state index in [0.717, 1.165) is 42.7 Å². The molecule has 0 heterocycles. The SMILES string of the molecule is CCSCCSCCOc1ccccc1N(CCSC)CCSC. The van der Waals surface area contributed by atoms with Crippen molar-refractivity contribution in [2.24, 2.45) is 0 Å². The number of ether oxygens (including phenoxy) is 1. The number of rotatable bonds is 15. The summed E-state index contributed by atoms with van der Waals surface area (Å²) in [6.07, 6.45) is 4.34. The lowest BCUT2D eigenvalue weighted by Gasteiger charge is -2.26. The Bertz CT molecular complexity index is 412. The van der Waals surface area contributed by atoms with Crippen LogP contribution in [0.5, 0.6) is 5.75 Å². The summed E-state index contributed by atoms with van der Waals surface area (Å²) in [5, 5.41) is 0. The topological polar surface area (TPSA) is 12.5 Å². The first-order valence-electron chi connectivity index (χ1n) is 8.43. The Balaban J connectivity index is 2.51. The number of nitrogens with zero attached hydrogens (tertiary/aromatic N) is 1. The first kappa shape index (κ1) is 22.3. The number of benzene rings is 1. The van der Waals surface area contributed by atoms with Gasteiger partial charge in [-0.3, -0.25) is 0 Å². The third kappa shape index (κ3) is 9.64. The summed E-state index contributed by atoms with van der Waals surface area (Å²) in [5.41, 5.74) is 1.24. The molecule has 1 rings (SSSR count).